The Morgan fingerprint density at radius 1 is 0.857 bits per heavy atom. The Bertz CT molecular complexity index is 790. The minimum Gasteiger partial charge on any atom is -0.497 e. The van der Waals surface area contributed by atoms with Crippen molar-refractivity contribution in [1.29, 1.82) is 0 Å². The molecule has 2 rings (SSSR count). The Morgan fingerprint density at radius 3 is 2.14 bits per heavy atom. The van der Waals surface area contributed by atoms with E-state index >= 15 is 0 Å². The fourth-order valence-electron chi connectivity index (χ4n) is 2.24. The average Bonchev–Trinajstić information content (AvgIpc) is 2.72. The number of carbonyl (C=O) groups is 2. The second-order valence-electron chi connectivity index (χ2n) is 5.55. The maximum absolute atomic E-state index is 12.0. The van der Waals surface area contributed by atoms with E-state index in [0.29, 0.717) is 28.7 Å². The molecule has 0 aromatic heterocycles. The number of hydrogen-bond acceptors (Lipinski definition) is 7. The van der Waals surface area contributed by atoms with Gasteiger partial charge in [0.25, 0.3) is 5.91 Å². The van der Waals surface area contributed by atoms with Crippen molar-refractivity contribution in [3.63, 3.8) is 0 Å². The lowest BCUT2D eigenvalue weighted by Crippen LogP contribution is -2.22. The summed E-state index contributed by atoms with van der Waals surface area (Å²) < 4.78 is 25.8. The van der Waals surface area contributed by atoms with Gasteiger partial charge in [0.15, 0.2) is 6.61 Å². The van der Waals surface area contributed by atoms with Gasteiger partial charge < -0.3 is 29.0 Å². The number of ether oxygens (including phenoxy) is 5. The average molecular weight is 389 g/mol. The summed E-state index contributed by atoms with van der Waals surface area (Å²) >= 11 is 0. The van der Waals surface area contributed by atoms with Gasteiger partial charge in [0.2, 0.25) is 0 Å². The van der Waals surface area contributed by atoms with Crippen LogP contribution in [0.5, 0.6) is 23.0 Å². The molecule has 2 aromatic rings. The van der Waals surface area contributed by atoms with Crippen molar-refractivity contribution in [1.82, 2.24) is 0 Å². The molecule has 0 atom stereocenters. The van der Waals surface area contributed by atoms with E-state index in [4.69, 9.17) is 23.7 Å². The maximum Gasteiger partial charge on any atom is 0.309 e. The van der Waals surface area contributed by atoms with E-state index in [2.05, 4.69) is 5.32 Å². The van der Waals surface area contributed by atoms with E-state index < -0.39 is 18.5 Å². The SMILES string of the molecule is COc1ccc(OCCC(=O)OCC(=O)Nc2cc(OC)ccc2OC)cc1. The number of rotatable bonds is 10. The lowest BCUT2D eigenvalue weighted by molar-refractivity contribution is -0.147. The highest BCUT2D eigenvalue weighted by atomic mass is 16.5. The zero-order valence-electron chi connectivity index (χ0n) is 16.0. The summed E-state index contributed by atoms with van der Waals surface area (Å²) in [6.07, 6.45) is 0.0157. The molecule has 1 amide bonds. The second-order valence-corrected chi connectivity index (χ2v) is 5.55. The van der Waals surface area contributed by atoms with Crippen molar-refractivity contribution in [2.45, 2.75) is 6.42 Å². The molecule has 0 radical (unpaired) electrons. The van der Waals surface area contributed by atoms with Gasteiger partial charge in [0.05, 0.1) is 40.0 Å². The van der Waals surface area contributed by atoms with Gasteiger partial charge >= 0.3 is 5.97 Å². The Hall–Kier alpha value is -3.42. The highest BCUT2D eigenvalue weighted by Crippen LogP contribution is 2.28. The van der Waals surface area contributed by atoms with Crippen molar-refractivity contribution >= 4 is 17.6 Å². The topological polar surface area (TPSA) is 92.3 Å². The van der Waals surface area contributed by atoms with Crippen LogP contribution in [0, 0.1) is 0 Å². The summed E-state index contributed by atoms with van der Waals surface area (Å²) in [7, 11) is 4.58. The molecule has 0 aliphatic carbocycles. The second kappa shape index (κ2) is 10.7. The molecule has 150 valence electrons. The summed E-state index contributed by atoms with van der Waals surface area (Å²) in [5, 5.41) is 2.62. The fraction of sp³-hybridized carbons (Fsp3) is 0.300. The standard InChI is InChI=1S/C20H23NO7/c1-24-14-4-6-15(7-5-14)27-11-10-20(23)28-13-19(22)21-17-12-16(25-2)8-9-18(17)26-3/h4-9,12H,10-11,13H2,1-3H3,(H,21,22). The van der Waals surface area contributed by atoms with E-state index in [1.165, 1.54) is 14.2 Å². The lowest BCUT2D eigenvalue weighted by Gasteiger charge is -2.12. The van der Waals surface area contributed by atoms with Crippen LogP contribution in [0.3, 0.4) is 0 Å². The van der Waals surface area contributed by atoms with Gasteiger partial charge in [0.1, 0.15) is 23.0 Å². The third-order valence-corrected chi connectivity index (χ3v) is 3.68. The van der Waals surface area contributed by atoms with Gasteiger partial charge in [0, 0.05) is 6.07 Å². The van der Waals surface area contributed by atoms with Crippen LogP contribution in [0.2, 0.25) is 0 Å². The predicted octanol–water partition coefficient (Wildman–Crippen LogP) is 2.66. The highest BCUT2D eigenvalue weighted by Gasteiger charge is 2.12. The summed E-state index contributed by atoms with van der Waals surface area (Å²) in [5.41, 5.74) is 0.422. The van der Waals surface area contributed by atoms with Crippen molar-refractivity contribution in [2.75, 3.05) is 39.9 Å². The first-order valence-electron chi connectivity index (χ1n) is 8.50. The number of benzene rings is 2. The van der Waals surface area contributed by atoms with E-state index in [9.17, 15) is 9.59 Å². The number of esters is 1. The summed E-state index contributed by atoms with van der Waals surface area (Å²) in [6, 6.07) is 12.0. The van der Waals surface area contributed by atoms with Gasteiger partial charge in [-0.1, -0.05) is 0 Å². The number of amides is 1. The molecule has 0 aliphatic rings. The monoisotopic (exact) mass is 389 g/mol. The molecule has 8 nitrogen and oxygen atoms in total. The molecule has 8 heteroatoms. The molecule has 0 fully saturated rings. The Balaban J connectivity index is 1.74. The molecule has 0 saturated heterocycles. The third kappa shape index (κ3) is 6.39. The molecular formula is C20H23NO7. The predicted molar refractivity (Wildman–Crippen MR) is 102 cm³/mol. The van der Waals surface area contributed by atoms with Gasteiger partial charge in [-0.15, -0.1) is 0 Å². The molecule has 1 N–H and O–H groups in total. The van der Waals surface area contributed by atoms with Crippen LogP contribution in [0.4, 0.5) is 5.69 Å². The smallest absolute Gasteiger partial charge is 0.309 e. The molecule has 0 heterocycles. The maximum atomic E-state index is 12.0. The van der Waals surface area contributed by atoms with Crippen LogP contribution in [0.15, 0.2) is 42.5 Å². The quantitative estimate of drug-likeness (QED) is 0.625. The first-order chi connectivity index (χ1) is 13.5. The summed E-state index contributed by atoms with van der Waals surface area (Å²) in [5.74, 6) is 1.32. The zero-order chi connectivity index (χ0) is 20.4. The Kier molecular flexibility index (Phi) is 7.95. The van der Waals surface area contributed by atoms with Gasteiger partial charge in [-0.3, -0.25) is 9.59 Å². The van der Waals surface area contributed by atoms with Gasteiger partial charge in [-0.05, 0) is 36.4 Å². The molecule has 2 aromatic carbocycles. The lowest BCUT2D eigenvalue weighted by atomic mass is 10.2. The Labute approximate surface area is 163 Å². The first kappa shape index (κ1) is 20.9. The molecule has 0 spiro atoms. The van der Waals surface area contributed by atoms with Crippen LogP contribution < -0.4 is 24.3 Å². The fourth-order valence-corrected chi connectivity index (χ4v) is 2.24. The first-order valence-corrected chi connectivity index (χ1v) is 8.50. The van der Waals surface area contributed by atoms with Crippen molar-refractivity contribution in [3.8, 4) is 23.0 Å². The molecule has 0 aliphatic heterocycles. The van der Waals surface area contributed by atoms with Crippen LogP contribution in [-0.4, -0.2) is 46.4 Å². The zero-order valence-corrected chi connectivity index (χ0v) is 16.0. The van der Waals surface area contributed by atoms with E-state index in [1.54, 1.807) is 49.6 Å². The highest BCUT2D eigenvalue weighted by molar-refractivity contribution is 5.94. The van der Waals surface area contributed by atoms with Gasteiger partial charge in [-0.2, -0.15) is 0 Å². The van der Waals surface area contributed by atoms with Crippen molar-refractivity contribution < 1.29 is 33.3 Å². The number of anilines is 1. The number of methoxy groups -OCH3 is 3. The summed E-state index contributed by atoms with van der Waals surface area (Å²) in [4.78, 5) is 23.8. The molecule has 28 heavy (non-hydrogen) atoms. The van der Waals surface area contributed by atoms with E-state index in [0.717, 1.165) is 0 Å². The number of carbonyl (C=O) groups excluding carboxylic acids is 2. The largest absolute Gasteiger partial charge is 0.497 e. The summed E-state index contributed by atoms with van der Waals surface area (Å²) in [6.45, 7) is -0.280. The van der Waals surface area contributed by atoms with Gasteiger partial charge in [-0.25, -0.2) is 0 Å². The minimum atomic E-state index is -0.540. The van der Waals surface area contributed by atoms with Crippen LogP contribution in [0.25, 0.3) is 0 Å². The molecule has 0 saturated carbocycles. The van der Waals surface area contributed by atoms with Crippen molar-refractivity contribution in [3.05, 3.63) is 42.5 Å². The normalized spacial score (nSPS) is 9.96. The third-order valence-electron chi connectivity index (χ3n) is 3.68. The van der Waals surface area contributed by atoms with E-state index in [1.807, 2.05) is 0 Å². The molecule has 0 bridgehead atoms. The molecule has 0 unspecified atom stereocenters. The van der Waals surface area contributed by atoms with Crippen LogP contribution >= 0.6 is 0 Å². The minimum absolute atomic E-state index is 0.0157. The number of nitrogens with one attached hydrogen (secondary N) is 1. The number of hydrogen-bond donors (Lipinski definition) is 1. The Morgan fingerprint density at radius 2 is 1.50 bits per heavy atom. The van der Waals surface area contributed by atoms with E-state index in [-0.39, 0.29) is 13.0 Å². The van der Waals surface area contributed by atoms with Crippen LogP contribution in [0.1, 0.15) is 6.42 Å². The molecular weight excluding hydrogens is 366 g/mol. The van der Waals surface area contributed by atoms with Crippen molar-refractivity contribution in [2.24, 2.45) is 0 Å². The van der Waals surface area contributed by atoms with Crippen LogP contribution in [-0.2, 0) is 14.3 Å².